The van der Waals surface area contributed by atoms with Crippen LogP contribution in [-0.4, -0.2) is 27.3 Å². The van der Waals surface area contributed by atoms with Crippen molar-refractivity contribution in [3.8, 4) is 0 Å². The van der Waals surface area contributed by atoms with E-state index in [2.05, 4.69) is 25.7 Å². The number of amides is 1. The normalized spacial score (nSPS) is 11.4. The van der Waals surface area contributed by atoms with Crippen molar-refractivity contribution in [3.05, 3.63) is 75.8 Å². The molecule has 26 heavy (non-hydrogen) atoms. The van der Waals surface area contributed by atoms with E-state index in [1.807, 2.05) is 31.2 Å². The van der Waals surface area contributed by atoms with Crippen molar-refractivity contribution in [1.29, 1.82) is 0 Å². The van der Waals surface area contributed by atoms with Gasteiger partial charge in [0, 0.05) is 27.5 Å². The molecule has 2 heterocycles. The van der Waals surface area contributed by atoms with Gasteiger partial charge in [0.25, 0.3) is 11.5 Å². The van der Waals surface area contributed by atoms with Gasteiger partial charge in [0.2, 0.25) is 0 Å². The molecule has 4 aromatic rings. The van der Waals surface area contributed by atoms with Crippen LogP contribution in [0.2, 0.25) is 0 Å². The fourth-order valence-corrected chi connectivity index (χ4v) is 2.96. The maximum absolute atomic E-state index is 12.4. The fraction of sp³-hybridized carbons (Fsp3) is 0.0526. The molecule has 1 amide bonds. The van der Waals surface area contributed by atoms with Gasteiger partial charge in [-0.15, -0.1) is 0 Å². The first-order chi connectivity index (χ1) is 12.6. The largest absolute Gasteiger partial charge is 0.358 e. The molecule has 0 unspecified atom stereocenters. The summed E-state index contributed by atoms with van der Waals surface area (Å²) in [6.45, 7) is 1.94. The van der Waals surface area contributed by atoms with Crippen LogP contribution < -0.4 is 11.0 Å². The van der Waals surface area contributed by atoms with Gasteiger partial charge < -0.3 is 4.98 Å². The van der Waals surface area contributed by atoms with Crippen molar-refractivity contribution < 1.29 is 4.79 Å². The van der Waals surface area contributed by atoms with E-state index in [1.54, 1.807) is 30.5 Å². The minimum atomic E-state index is -0.494. The molecular weight excluding hydrogens is 330 g/mol. The number of nitrogens with zero attached hydrogens (tertiary/aromatic N) is 2. The van der Waals surface area contributed by atoms with Crippen LogP contribution in [0.15, 0.2) is 58.4 Å². The van der Waals surface area contributed by atoms with Crippen molar-refractivity contribution in [2.45, 2.75) is 6.92 Å². The molecule has 2 aromatic carbocycles. The molecule has 0 aliphatic rings. The summed E-state index contributed by atoms with van der Waals surface area (Å²) in [5.41, 5.74) is 5.12. The molecule has 4 rings (SSSR count). The van der Waals surface area contributed by atoms with E-state index in [0.717, 1.165) is 22.2 Å². The highest BCUT2D eigenvalue weighted by molar-refractivity contribution is 6.05. The highest BCUT2D eigenvalue weighted by atomic mass is 16.2. The first-order valence-corrected chi connectivity index (χ1v) is 8.03. The standard InChI is InChI=1S/C19H15N5O2/c1-11-15(12-6-4-5-9-16(12)21-11)10-20-23-19(26)17-13-7-2-3-8-14(13)18(25)24-22-17/h2-10,21H,1H3,(H,23,26)(H,24,25). The van der Waals surface area contributed by atoms with Gasteiger partial charge in [0.1, 0.15) is 0 Å². The summed E-state index contributed by atoms with van der Waals surface area (Å²) in [5, 5.41) is 12.2. The second-order valence-electron chi connectivity index (χ2n) is 5.86. The van der Waals surface area contributed by atoms with Gasteiger partial charge in [-0.1, -0.05) is 36.4 Å². The molecule has 3 N–H and O–H groups in total. The topological polar surface area (TPSA) is 103 Å². The van der Waals surface area contributed by atoms with Crippen molar-refractivity contribution >= 4 is 33.8 Å². The van der Waals surface area contributed by atoms with Crippen LogP contribution in [0.1, 0.15) is 21.7 Å². The highest BCUT2D eigenvalue weighted by Gasteiger charge is 2.13. The first kappa shape index (κ1) is 15.8. The Labute approximate surface area is 147 Å². The summed E-state index contributed by atoms with van der Waals surface area (Å²) < 4.78 is 0. The highest BCUT2D eigenvalue weighted by Crippen LogP contribution is 2.19. The average molecular weight is 345 g/mol. The number of hydrazone groups is 1. The molecule has 7 heteroatoms. The lowest BCUT2D eigenvalue weighted by Gasteiger charge is -2.03. The van der Waals surface area contributed by atoms with Crippen LogP contribution in [0.3, 0.4) is 0 Å². The van der Waals surface area contributed by atoms with Crippen LogP contribution in [0.25, 0.3) is 21.7 Å². The van der Waals surface area contributed by atoms with Crippen molar-refractivity contribution in [1.82, 2.24) is 20.6 Å². The van der Waals surface area contributed by atoms with Crippen LogP contribution in [0.4, 0.5) is 0 Å². The van der Waals surface area contributed by atoms with Gasteiger partial charge in [-0.25, -0.2) is 10.5 Å². The van der Waals surface area contributed by atoms with E-state index in [-0.39, 0.29) is 11.3 Å². The minimum Gasteiger partial charge on any atom is -0.358 e. The number of carbonyl (C=O) groups excluding carboxylic acids is 1. The zero-order chi connectivity index (χ0) is 18.1. The molecule has 128 valence electrons. The SMILES string of the molecule is Cc1[nH]c2ccccc2c1C=NNC(=O)c1n[nH]c(=O)c2ccccc12. The number of hydrogen-bond acceptors (Lipinski definition) is 4. The molecule has 0 aliphatic heterocycles. The zero-order valence-electron chi connectivity index (χ0n) is 13.9. The monoisotopic (exact) mass is 345 g/mol. The summed E-state index contributed by atoms with van der Waals surface area (Å²) in [5.74, 6) is -0.494. The average Bonchev–Trinajstić information content (AvgIpc) is 2.98. The summed E-state index contributed by atoms with van der Waals surface area (Å²) in [6.07, 6.45) is 1.60. The molecule has 0 saturated carbocycles. The van der Waals surface area contributed by atoms with Crippen LogP contribution in [-0.2, 0) is 0 Å². The molecule has 7 nitrogen and oxygen atoms in total. The number of fused-ring (bicyclic) bond motifs is 2. The van der Waals surface area contributed by atoms with Gasteiger partial charge >= 0.3 is 0 Å². The smallest absolute Gasteiger partial charge is 0.292 e. The van der Waals surface area contributed by atoms with Crippen LogP contribution in [0.5, 0.6) is 0 Å². The Morgan fingerprint density at radius 2 is 1.77 bits per heavy atom. The van der Waals surface area contributed by atoms with Gasteiger partial charge in [-0.2, -0.15) is 10.2 Å². The van der Waals surface area contributed by atoms with E-state index in [1.165, 1.54) is 0 Å². The van der Waals surface area contributed by atoms with E-state index >= 15 is 0 Å². The second-order valence-corrected chi connectivity index (χ2v) is 5.86. The predicted octanol–water partition coefficient (Wildman–Crippen LogP) is 2.48. The van der Waals surface area contributed by atoms with Gasteiger partial charge in [0.15, 0.2) is 5.69 Å². The first-order valence-electron chi connectivity index (χ1n) is 8.03. The Hall–Kier alpha value is -3.74. The Morgan fingerprint density at radius 3 is 2.58 bits per heavy atom. The van der Waals surface area contributed by atoms with Crippen molar-refractivity contribution in [2.24, 2.45) is 5.10 Å². The van der Waals surface area contributed by atoms with E-state index in [0.29, 0.717) is 10.8 Å². The number of benzene rings is 2. The molecule has 0 atom stereocenters. The van der Waals surface area contributed by atoms with Crippen molar-refractivity contribution in [3.63, 3.8) is 0 Å². The van der Waals surface area contributed by atoms with Crippen LogP contribution >= 0.6 is 0 Å². The lowest BCUT2D eigenvalue weighted by atomic mass is 10.1. The molecular formula is C19H15N5O2. The van der Waals surface area contributed by atoms with E-state index in [4.69, 9.17) is 0 Å². The number of aryl methyl sites for hydroxylation is 1. The lowest BCUT2D eigenvalue weighted by Crippen LogP contribution is -2.22. The van der Waals surface area contributed by atoms with Crippen LogP contribution in [0, 0.1) is 6.92 Å². The number of rotatable bonds is 3. The zero-order valence-corrected chi connectivity index (χ0v) is 13.9. The van der Waals surface area contributed by atoms with Crippen molar-refractivity contribution in [2.75, 3.05) is 0 Å². The predicted molar refractivity (Wildman–Crippen MR) is 100 cm³/mol. The van der Waals surface area contributed by atoms with E-state index in [9.17, 15) is 9.59 Å². The summed E-state index contributed by atoms with van der Waals surface area (Å²) in [7, 11) is 0. The quantitative estimate of drug-likeness (QED) is 0.392. The molecule has 0 radical (unpaired) electrons. The van der Waals surface area contributed by atoms with Gasteiger partial charge in [0.05, 0.1) is 11.6 Å². The molecule has 0 fully saturated rings. The Bertz CT molecular complexity index is 1220. The molecule has 0 saturated heterocycles. The van der Waals surface area contributed by atoms with Gasteiger partial charge in [-0.3, -0.25) is 9.59 Å². The number of hydrogen-bond donors (Lipinski definition) is 3. The number of para-hydroxylation sites is 1. The Balaban J connectivity index is 1.63. The second kappa shape index (κ2) is 6.29. The molecule has 2 aromatic heterocycles. The summed E-state index contributed by atoms with van der Waals surface area (Å²) >= 11 is 0. The maximum atomic E-state index is 12.4. The third-order valence-electron chi connectivity index (χ3n) is 4.21. The lowest BCUT2D eigenvalue weighted by molar-refractivity contribution is 0.0951. The Morgan fingerprint density at radius 1 is 1.08 bits per heavy atom. The minimum absolute atomic E-state index is 0.119. The number of carbonyl (C=O) groups is 1. The summed E-state index contributed by atoms with van der Waals surface area (Å²) in [6, 6.07) is 14.7. The Kier molecular flexibility index (Phi) is 3.81. The molecule has 0 aliphatic carbocycles. The fourth-order valence-electron chi connectivity index (χ4n) is 2.96. The number of aromatic amines is 2. The number of nitrogens with one attached hydrogen (secondary N) is 3. The van der Waals surface area contributed by atoms with Gasteiger partial charge in [-0.05, 0) is 19.1 Å². The number of H-pyrrole nitrogens is 2. The third-order valence-corrected chi connectivity index (χ3v) is 4.21. The number of aromatic nitrogens is 3. The maximum Gasteiger partial charge on any atom is 0.292 e. The molecule has 0 bridgehead atoms. The summed E-state index contributed by atoms with van der Waals surface area (Å²) in [4.78, 5) is 27.5. The van der Waals surface area contributed by atoms with E-state index < -0.39 is 5.91 Å². The molecule has 0 spiro atoms. The third kappa shape index (κ3) is 2.65.